The lowest BCUT2D eigenvalue weighted by Gasteiger charge is -2.36. The first-order valence-corrected chi connectivity index (χ1v) is 12.5. The van der Waals surface area contributed by atoms with Crippen LogP contribution in [-0.4, -0.2) is 50.1 Å². The molecule has 1 aliphatic heterocycles. The number of para-hydroxylation sites is 1. The Balaban J connectivity index is 1.05. The van der Waals surface area contributed by atoms with Crippen LogP contribution in [0.5, 0.6) is 0 Å². The molecule has 4 aromatic rings. The predicted octanol–water partition coefficient (Wildman–Crippen LogP) is 6.23. The Bertz CT molecular complexity index is 1310. The molecular weight excluding hydrogens is 469 g/mol. The van der Waals surface area contributed by atoms with Crippen molar-refractivity contribution in [2.75, 3.05) is 44.2 Å². The maximum atomic E-state index is 12.6. The number of nitrogens with one attached hydrogen (secondary N) is 1. The summed E-state index contributed by atoms with van der Waals surface area (Å²) in [6.07, 6.45) is 1.99. The van der Waals surface area contributed by atoms with Crippen LogP contribution in [0.4, 0.5) is 5.69 Å². The average molecular weight is 496 g/mol. The molecule has 1 fully saturated rings. The highest BCUT2D eigenvalue weighted by Gasteiger charge is 2.19. The highest BCUT2D eigenvalue weighted by atomic mass is 35.5. The molecule has 0 bridgehead atoms. The van der Waals surface area contributed by atoms with Crippen LogP contribution in [0.1, 0.15) is 23.2 Å². The van der Waals surface area contributed by atoms with Crippen molar-refractivity contribution in [2.24, 2.45) is 0 Å². The number of amides is 1. The van der Waals surface area contributed by atoms with Gasteiger partial charge in [0.2, 0.25) is 0 Å². The first-order chi connectivity index (χ1) is 16.6. The number of nitrogens with zero attached hydrogens (tertiary/aromatic N) is 2. The van der Waals surface area contributed by atoms with Crippen molar-refractivity contribution in [2.45, 2.75) is 12.8 Å². The molecule has 176 valence electrons. The molecule has 1 saturated heterocycles. The number of fused-ring (bicyclic) bond motifs is 3. The molecule has 1 aliphatic rings. The van der Waals surface area contributed by atoms with E-state index in [2.05, 4.69) is 15.1 Å². The molecule has 2 heterocycles. The van der Waals surface area contributed by atoms with E-state index in [9.17, 15) is 4.79 Å². The molecule has 0 unspecified atom stereocenters. The SMILES string of the molecule is O=C(NCCCCN1CCN(c2cccc(Cl)c2Cl)CC1)c1ccc2c(c1)oc1ccccc12. The van der Waals surface area contributed by atoms with Gasteiger partial charge in [-0.25, -0.2) is 0 Å². The standard InChI is InChI=1S/C27H27Cl2N3O2/c28-22-7-5-8-23(26(22)29)32-16-14-31(15-17-32)13-4-3-12-30-27(33)19-10-11-21-20-6-1-2-9-24(20)34-25(21)18-19/h1-2,5-11,18H,3-4,12-17H2,(H,30,33). The van der Waals surface area contributed by atoms with Crippen molar-refractivity contribution in [3.8, 4) is 0 Å². The van der Waals surface area contributed by atoms with Gasteiger partial charge in [0, 0.05) is 49.1 Å². The van der Waals surface area contributed by atoms with Gasteiger partial charge in [0.15, 0.2) is 0 Å². The summed E-state index contributed by atoms with van der Waals surface area (Å²) in [5, 5.41) is 6.37. The van der Waals surface area contributed by atoms with E-state index < -0.39 is 0 Å². The Hall–Kier alpha value is -2.73. The van der Waals surface area contributed by atoms with Gasteiger partial charge in [-0.3, -0.25) is 9.69 Å². The molecule has 0 radical (unpaired) electrons. The quantitative estimate of drug-likeness (QED) is 0.309. The second-order valence-corrected chi connectivity index (χ2v) is 9.46. The van der Waals surface area contributed by atoms with Crippen molar-refractivity contribution in [3.05, 3.63) is 76.3 Å². The number of anilines is 1. The highest BCUT2D eigenvalue weighted by Crippen LogP contribution is 2.33. The smallest absolute Gasteiger partial charge is 0.251 e. The van der Waals surface area contributed by atoms with Crippen LogP contribution in [0.2, 0.25) is 10.0 Å². The summed E-state index contributed by atoms with van der Waals surface area (Å²) in [6.45, 7) is 5.54. The first kappa shape index (κ1) is 23.0. The number of unbranched alkanes of at least 4 members (excludes halogenated alkanes) is 1. The zero-order chi connectivity index (χ0) is 23.5. The molecule has 0 spiro atoms. The maximum absolute atomic E-state index is 12.6. The summed E-state index contributed by atoms with van der Waals surface area (Å²) in [7, 11) is 0. The number of hydrogen-bond donors (Lipinski definition) is 1. The number of hydrogen-bond acceptors (Lipinski definition) is 4. The minimum atomic E-state index is -0.0608. The molecule has 34 heavy (non-hydrogen) atoms. The number of furan rings is 1. The van der Waals surface area contributed by atoms with Crippen molar-refractivity contribution in [1.29, 1.82) is 0 Å². The number of carbonyl (C=O) groups is 1. The zero-order valence-corrected chi connectivity index (χ0v) is 20.4. The lowest BCUT2D eigenvalue weighted by molar-refractivity contribution is 0.0952. The predicted molar refractivity (Wildman–Crippen MR) is 140 cm³/mol. The average Bonchev–Trinajstić information content (AvgIpc) is 3.24. The normalized spacial score (nSPS) is 14.7. The molecule has 0 atom stereocenters. The van der Waals surface area contributed by atoms with E-state index in [0.29, 0.717) is 22.2 Å². The molecule has 3 aromatic carbocycles. The van der Waals surface area contributed by atoms with Crippen LogP contribution in [-0.2, 0) is 0 Å². The summed E-state index contributed by atoms with van der Waals surface area (Å²) in [6, 6.07) is 19.4. The Kier molecular flexibility index (Phi) is 6.95. The summed E-state index contributed by atoms with van der Waals surface area (Å²) in [5.74, 6) is -0.0608. The monoisotopic (exact) mass is 495 g/mol. The van der Waals surface area contributed by atoms with E-state index in [1.54, 1.807) is 0 Å². The fourth-order valence-corrected chi connectivity index (χ4v) is 5.00. The van der Waals surface area contributed by atoms with Gasteiger partial charge in [0.1, 0.15) is 11.2 Å². The van der Waals surface area contributed by atoms with E-state index >= 15 is 0 Å². The maximum Gasteiger partial charge on any atom is 0.251 e. The van der Waals surface area contributed by atoms with E-state index in [-0.39, 0.29) is 5.91 Å². The molecule has 5 rings (SSSR count). The first-order valence-electron chi connectivity index (χ1n) is 11.7. The number of rotatable bonds is 7. The van der Waals surface area contributed by atoms with Crippen LogP contribution >= 0.6 is 23.2 Å². The van der Waals surface area contributed by atoms with Crippen molar-refractivity contribution < 1.29 is 9.21 Å². The molecule has 7 heteroatoms. The number of piperazine rings is 1. The van der Waals surface area contributed by atoms with Gasteiger partial charge < -0.3 is 14.6 Å². The van der Waals surface area contributed by atoms with Gasteiger partial charge in [-0.1, -0.05) is 47.5 Å². The molecule has 1 amide bonds. The minimum Gasteiger partial charge on any atom is -0.456 e. The molecule has 1 N–H and O–H groups in total. The van der Waals surface area contributed by atoms with E-state index in [0.717, 1.165) is 73.2 Å². The van der Waals surface area contributed by atoms with Crippen LogP contribution in [0.3, 0.4) is 0 Å². The van der Waals surface area contributed by atoms with Crippen LogP contribution < -0.4 is 10.2 Å². The van der Waals surface area contributed by atoms with Gasteiger partial charge in [0.05, 0.1) is 15.7 Å². The van der Waals surface area contributed by atoms with Gasteiger partial charge in [-0.05, 0) is 55.8 Å². The number of carbonyl (C=O) groups excluding carboxylic acids is 1. The van der Waals surface area contributed by atoms with E-state index in [4.69, 9.17) is 27.6 Å². The molecule has 5 nitrogen and oxygen atoms in total. The molecule has 0 saturated carbocycles. The lowest BCUT2D eigenvalue weighted by Crippen LogP contribution is -2.46. The molecule has 0 aliphatic carbocycles. The van der Waals surface area contributed by atoms with Crippen LogP contribution in [0, 0.1) is 0 Å². The second-order valence-electron chi connectivity index (χ2n) is 8.67. The van der Waals surface area contributed by atoms with Gasteiger partial charge in [-0.15, -0.1) is 0 Å². The van der Waals surface area contributed by atoms with Crippen LogP contribution in [0.25, 0.3) is 21.9 Å². The molecular formula is C27H27Cl2N3O2. The Morgan fingerprint density at radius 2 is 1.68 bits per heavy atom. The fourth-order valence-electron chi connectivity index (χ4n) is 4.58. The Morgan fingerprint density at radius 3 is 2.53 bits per heavy atom. The summed E-state index contributed by atoms with van der Waals surface area (Å²) >= 11 is 12.5. The topological polar surface area (TPSA) is 48.7 Å². The van der Waals surface area contributed by atoms with Crippen molar-refractivity contribution >= 4 is 56.7 Å². The highest BCUT2D eigenvalue weighted by molar-refractivity contribution is 6.43. The van der Waals surface area contributed by atoms with Crippen molar-refractivity contribution in [3.63, 3.8) is 0 Å². The Morgan fingerprint density at radius 1 is 0.882 bits per heavy atom. The summed E-state index contributed by atoms with van der Waals surface area (Å²) in [5.41, 5.74) is 3.22. The fraction of sp³-hybridized carbons (Fsp3) is 0.296. The van der Waals surface area contributed by atoms with Crippen molar-refractivity contribution in [1.82, 2.24) is 10.2 Å². The third-order valence-corrected chi connectivity index (χ3v) is 7.28. The largest absolute Gasteiger partial charge is 0.456 e. The van der Waals surface area contributed by atoms with Crippen LogP contribution in [0.15, 0.2) is 65.1 Å². The van der Waals surface area contributed by atoms with Gasteiger partial charge in [0.25, 0.3) is 5.91 Å². The van der Waals surface area contributed by atoms with Gasteiger partial charge in [-0.2, -0.15) is 0 Å². The van der Waals surface area contributed by atoms with E-state index in [1.807, 2.05) is 60.7 Å². The Labute approximate surface area is 209 Å². The lowest BCUT2D eigenvalue weighted by atomic mass is 10.1. The third-order valence-electron chi connectivity index (χ3n) is 6.47. The zero-order valence-electron chi connectivity index (χ0n) is 18.9. The van der Waals surface area contributed by atoms with Gasteiger partial charge >= 0.3 is 0 Å². The summed E-state index contributed by atoms with van der Waals surface area (Å²) in [4.78, 5) is 17.4. The summed E-state index contributed by atoms with van der Waals surface area (Å²) < 4.78 is 5.90. The van der Waals surface area contributed by atoms with E-state index in [1.165, 1.54) is 0 Å². The molecule has 1 aromatic heterocycles. The third kappa shape index (κ3) is 4.88. The second kappa shape index (κ2) is 10.3. The number of halogens is 2. The number of benzene rings is 3. The minimum absolute atomic E-state index is 0.0608.